The highest BCUT2D eigenvalue weighted by Crippen LogP contribution is 2.49. The molecule has 6 nitrogen and oxygen atoms in total. The van der Waals surface area contributed by atoms with E-state index in [1.807, 2.05) is 36.7 Å². The molecule has 0 saturated heterocycles. The molecule has 0 unspecified atom stereocenters. The molecular formula is C39H30N6. The maximum absolute atomic E-state index is 6.26. The lowest BCUT2D eigenvalue weighted by molar-refractivity contribution is 0.660. The molecule has 4 N–H and O–H groups in total. The molecule has 3 aromatic heterocycles. The molecule has 4 aromatic carbocycles. The van der Waals surface area contributed by atoms with Crippen molar-refractivity contribution in [1.82, 2.24) is 19.9 Å². The molecule has 45 heavy (non-hydrogen) atoms. The normalized spacial score (nSPS) is 13.4. The lowest BCUT2D eigenvalue weighted by atomic mass is 9.81. The van der Waals surface area contributed by atoms with Crippen LogP contribution < -0.4 is 11.5 Å². The van der Waals surface area contributed by atoms with Gasteiger partial charge in [0.2, 0.25) is 0 Å². The number of fused-ring (bicyclic) bond motifs is 6. The maximum Gasteiger partial charge on any atom is 0.0972 e. The number of benzene rings is 4. The minimum absolute atomic E-state index is 0.146. The molecule has 6 heteroatoms. The Morgan fingerprint density at radius 1 is 0.644 bits per heavy atom. The van der Waals surface area contributed by atoms with Crippen molar-refractivity contribution in [2.75, 3.05) is 5.73 Å². The van der Waals surface area contributed by atoms with E-state index in [2.05, 4.69) is 85.6 Å². The summed E-state index contributed by atoms with van der Waals surface area (Å²) in [5, 5.41) is 2.06. The molecule has 0 bridgehead atoms. The van der Waals surface area contributed by atoms with Crippen molar-refractivity contribution in [2.24, 2.45) is 5.73 Å². The number of anilines is 1. The number of nitrogens with two attached hydrogens (primary N) is 2. The first-order chi connectivity index (χ1) is 21.9. The van der Waals surface area contributed by atoms with E-state index in [1.54, 1.807) is 12.3 Å². The van der Waals surface area contributed by atoms with Gasteiger partial charge in [0.05, 0.1) is 34.3 Å². The van der Waals surface area contributed by atoms with Gasteiger partial charge in [-0.3, -0.25) is 15.0 Å². The number of hydrogen-bond donors (Lipinski definition) is 2. The Bertz CT molecular complexity index is 2340. The SMILES string of the molecule is CC1(C)c2ccccc2-c2ccc(-c3nc(-c4cnc5c(ccc6cccnc65)c4)cnc3-c3ccc(N)c(/C=C\N)c3)cc21. The van der Waals surface area contributed by atoms with Crippen LogP contribution in [0.2, 0.25) is 0 Å². The third-order valence-corrected chi connectivity index (χ3v) is 8.98. The zero-order valence-corrected chi connectivity index (χ0v) is 25.0. The van der Waals surface area contributed by atoms with Crippen LogP contribution in [0.5, 0.6) is 0 Å². The summed E-state index contributed by atoms with van der Waals surface area (Å²) in [6, 6.07) is 31.5. The fourth-order valence-corrected chi connectivity index (χ4v) is 6.64. The predicted octanol–water partition coefficient (Wildman–Crippen LogP) is 8.39. The number of rotatable bonds is 4. The first-order valence-corrected chi connectivity index (χ1v) is 15.0. The van der Waals surface area contributed by atoms with E-state index in [1.165, 1.54) is 28.5 Å². The molecule has 3 heterocycles. The average Bonchev–Trinajstić information content (AvgIpc) is 3.31. The van der Waals surface area contributed by atoms with Gasteiger partial charge in [-0.1, -0.05) is 74.5 Å². The first-order valence-electron chi connectivity index (χ1n) is 15.0. The molecular weight excluding hydrogens is 552 g/mol. The zero-order chi connectivity index (χ0) is 30.7. The molecule has 0 atom stereocenters. The van der Waals surface area contributed by atoms with Gasteiger partial charge < -0.3 is 11.5 Å². The Labute approximate surface area is 261 Å². The maximum atomic E-state index is 6.26. The molecule has 7 aromatic rings. The molecule has 1 aliphatic rings. The van der Waals surface area contributed by atoms with E-state index >= 15 is 0 Å². The van der Waals surface area contributed by atoms with E-state index in [-0.39, 0.29) is 5.41 Å². The van der Waals surface area contributed by atoms with Crippen molar-refractivity contribution in [1.29, 1.82) is 0 Å². The number of nitrogens with zero attached hydrogens (tertiary/aromatic N) is 4. The fourth-order valence-electron chi connectivity index (χ4n) is 6.64. The van der Waals surface area contributed by atoms with Gasteiger partial charge in [0, 0.05) is 51.0 Å². The van der Waals surface area contributed by atoms with Gasteiger partial charge in [0.1, 0.15) is 0 Å². The van der Waals surface area contributed by atoms with Crippen molar-refractivity contribution >= 4 is 33.6 Å². The molecule has 0 radical (unpaired) electrons. The highest BCUT2D eigenvalue weighted by molar-refractivity contribution is 6.03. The molecule has 0 aliphatic heterocycles. The second-order valence-corrected chi connectivity index (χ2v) is 12.0. The fraction of sp³-hybridized carbons (Fsp3) is 0.0769. The second kappa shape index (κ2) is 10.1. The van der Waals surface area contributed by atoms with Crippen LogP contribution in [0.15, 0.2) is 116 Å². The number of hydrogen-bond acceptors (Lipinski definition) is 6. The quantitative estimate of drug-likeness (QED) is 0.160. The van der Waals surface area contributed by atoms with Crippen molar-refractivity contribution in [3.8, 4) is 44.9 Å². The minimum atomic E-state index is -0.146. The zero-order valence-electron chi connectivity index (χ0n) is 25.0. The van der Waals surface area contributed by atoms with E-state index in [0.29, 0.717) is 5.69 Å². The monoisotopic (exact) mass is 582 g/mol. The Kier molecular flexibility index (Phi) is 6.00. The van der Waals surface area contributed by atoms with Crippen molar-refractivity contribution < 1.29 is 0 Å². The van der Waals surface area contributed by atoms with Crippen LogP contribution in [0.4, 0.5) is 5.69 Å². The Hall–Kier alpha value is -5.88. The van der Waals surface area contributed by atoms with Crippen molar-refractivity contribution in [3.05, 3.63) is 132 Å². The van der Waals surface area contributed by atoms with E-state index in [0.717, 1.165) is 61.1 Å². The number of nitrogen functional groups attached to an aromatic ring is 1. The van der Waals surface area contributed by atoms with Gasteiger partial charge in [-0.15, -0.1) is 0 Å². The largest absolute Gasteiger partial charge is 0.405 e. The predicted molar refractivity (Wildman–Crippen MR) is 184 cm³/mol. The average molecular weight is 583 g/mol. The standard InChI is InChI=1S/C39H30N6/c1-39(2)31-8-4-3-7-29(31)30-13-11-27(20-32(30)39)38-37(26-12-14-33(41)24(18-26)15-16-40)44-22-34(45-38)28-19-25-10-9-23-6-5-17-42-35(23)36(25)43-21-28/h3-22H,40-41H2,1-2H3/b16-15-. The minimum Gasteiger partial charge on any atom is -0.405 e. The number of pyridine rings is 2. The Morgan fingerprint density at radius 2 is 1.42 bits per heavy atom. The molecule has 216 valence electrons. The van der Waals surface area contributed by atoms with Crippen LogP contribution in [0.25, 0.3) is 72.8 Å². The third-order valence-electron chi connectivity index (χ3n) is 8.98. The van der Waals surface area contributed by atoms with Gasteiger partial charge in [-0.05, 0) is 70.4 Å². The summed E-state index contributed by atoms with van der Waals surface area (Å²) in [6.45, 7) is 4.57. The third kappa shape index (κ3) is 4.25. The lowest BCUT2D eigenvalue weighted by Crippen LogP contribution is -2.15. The van der Waals surface area contributed by atoms with E-state index in [4.69, 9.17) is 26.4 Å². The van der Waals surface area contributed by atoms with Gasteiger partial charge in [0.15, 0.2) is 0 Å². The summed E-state index contributed by atoms with van der Waals surface area (Å²) in [6.07, 6.45) is 8.78. The summed E-state index contributed by atoms with van der Waals surface area (Å²) in [5.41, 5.74) is 25.3. The second-order valence-electron chi connectivity index (χ2n) is 12.0. The van der Waals surface area contributed by atoms with E-state index < -0.39 is 0 Å². The molecule has 0 spiro atoms. The Morgan fingerprint density at radius 3 is 2.31 bits per heavy atom. The lowest BCUT2D eigenvalue weighted by Gasteiger charge is -2.22. The number of aromatic nitrogens is 4. The highest BCUT2D eigenvalue weighted by atomic mass is 14.8. The molecule has 0 saturated carbocycles. The topological polar surface area (TPSA) is 104 Å². The van der Waals surface area contributed by atoms with Gasteiger partial charge in [-0.2, -0.15) is 0 Å². The highest BCUT2D eigenvalue weighted by Gasteiger charge is 2.35. The summed E-state index contributed by atoms with van der Waals surface area (Å²) in [5.74, 6) is 0. The summed E-state index contributed by atoms with van der Waals surface area (Å²) in [4.78, 5) is 19.7. The summed E-state index contributed by atoms with van der Waals surface area (Å²) < 4.78 is 0. The van der Waals surface area contributed by atoms with Gasteiger partial charge >= 0.3 is 0 Å². The van der Waals surface area contributed by atoms with Crippen molar-refractivity contribution in [2.45, 2.75) is 19.3 Å². The van der Waals surface area contributed by atoms with Crippen LogP contribution >= 0.6 is 0 Å². The smallest absolute Gasteiger partial charge is 0.0972 e. The Balaban J connectivity index is 1.32. The van der Waals surface area contributed by atoms with Gasteiger partial charge in [-0.25, -0.2) is 4.98 Å². The van der Waals surface area contributed by atoms with Crippen LogP contribution in [0.1, 0.15) is 30.5 Å². The first kappa shape index (κ1) is 26.7. The van der Waals surface area contributed by atoms with Crippen LogP contribution in [-0.2, 0) is 5.41 Å². The van der Waals surface area contributed by atoms with Crippen LogP contribution in [-0.4, -0.2) is 19.9 Å². The molecule has 0 fully saturated rings. The molecule has 8 rings (SSSR count). The van der Waals surface area contributed by atoms with Crippen molar-refractivity contribution in [3.63, 3.8) is 0 Å². The summed E-state index contributed by atoms with van der Waals surface area (Å²) >= 11 is 0. The molecule has 1 aliphatic carbocycles. The van der Waals surface area contributed by atoms with E-state index in [9.17, 15) is 0 Å². The molecule has 0 amide bonds. The summed E-state index contributed by atoms with van der Waals surface area (Å²) in [7, 11) is 0. The van der Waals surface area contributed by atoms with Crippen LogP contribution in [0.3, 0.4) is 0 Å². The van der Waals surface area contributed by atoms with Crippen LogP contribution in [0, 0.1) is 0 Å². The van der Waals surface area contributed by atoms with Gasteiger partial charge in [0.25, 0.3) is 0 Å².